The SMILES string of the molecule is CN(C)[C@H]1CCN(Cc2ccc(N)cn2)C1. The van der Waals surface area contributed by atoms with E-state index in [2.05, 4.69) is 28.9 Å². The fourth-order valence-electron chi connectivity index (χ4n) is 2.14. The predicted molar refractivity (Wildman–Crippen MR) is 66.0 cm³/mol. The third-order valence-corrected chi connectivity index (χ3v) is 3.21. The lowest BCUT2D eigenvalue weighted by Crippen LogP contribution is -2.31. The second-order valence-corrected chi connectivity index (χ2v) is 4.72. The normalized spacial score (nSPS) is 21.8. The average molecular weight is 220 g/mol. The van der Waals surface area contributed by atoms with E-state index in [4.69, 9.17) is 5.73 Å². The fourth-order valence-corrected chi connectivity index (χ4v) is 2.14. The van der Waals surface area contributed by atoms with E-state index in [1.807, 2.05) is 12.1 Å². The van der Waals surface area contributed by atoms with Crippen molar-refractivity contribution in [3.8, 4) is 0 Å². The van der Waals surface area contributed by atoms with E-state index < -0.39 is 0 Å². The predicted octanol–water partition coefficient (Wildman–Crippen LogP) is 0.800. The summed E-state index contributed by atoms with van der Waals surface area (Å²) in [6, 6.07) is 4.62. The van der Waals surface area contributed by atoms with Gasteiger partial charge in [-0.2, -0.15) is 0 Å². The monoisotopic (exact) mass is 220 g/mol. The molecule has 0 amide bonds. The lowest BCUT2D eigenvalue weighted by atomic mass is 10.2. The van der Waals surface area contributed by atoms with Crippen molar-refractivity contribution in [2.45, 2.75) is 19.0 Å². The Kier molecular flexibility index (Phi) is 3.41. The van der Waals surface area contributed by atoms with Gasteiger partial charge in [0.2, 0.25) is 0 Å². The molecule has 1 aromatic heterocycles. The van der Waals surface area contributed by atoms with Crippen molar-refractivity contribution in [3.63, 3.8) is 0 Å². The third-order valence-electron chi connectivity index (χ3n) is 3.21. The Morgan fingerprint density at radius 1 is 1.50 bits per heavy atom. The Morgan fingerprint density at radius 2 is 2.31 bits per heavy atom. The Labute approximate surface area is 97.1 Å². The molecule has 1 aliphatic heterocycles. The molecule has 2 N–H and O–H groups in total. The summed E-state index contributed by atoms with van der Waals surface area (Å²) in [6.45, 7) is 3.23. The number of nitrogens with zero attached hydrogens (tertiary/aromatic N) is 3. The highest BCUT2D eigenvalue weighted by Gasteiger charge is 2.23. The zero-order chi connectivity index (χ0) is 11.5. The molecule has 0 unspecified atom stereocenters. The van der Waals surface area contributed by atoms with Crippen LogP contribution in [0.5, 0.6) is 0 Å². The number of likely N-dealkylation sites (tertiary alicyclic amines) is 1. The van der Waals surface area contributed by atoms with Gasteiger partial charge in [-0.15, -0.1) is 0 Å². The highest BCUT2D eigenvalue weighted by atomic mass is 15.2. The molecule has 0 radical (unpaired) electrons. The van der Waals surface area contributed by atoms with Crippen molar-refractivity contribution in [1.82, 2.24) is 14.8 Å². The van der Waals surface area contributed by atoms with Crippen molar-refractivity contribution < 1.29 is 0 Å². The van der Waals surface area contributed by atoms with Crippen LogP contribution in [0.2, 0.25) is 0 Å². The molecule has 1 aromatic rings. The average Bonchev–Trinajstić information content (AvgIpc) is 2.70. The van der Waals surface area contributed by atoms with E-state index in [1.165, 1.54) is 6.42 Å². The molecule has 0 saturated carbocycles. The molecule has 1 fully saturated rings. The minimum absolute atomic E-state index is 0.689. The number of pyridine rings is 1. The Balaban J connectivity index is 1.89. The highest BCUT2D eigenvalue weighted by molar-refractivity contribution is 5.34. The van der Waals surface area contributed by atoms with Crippen LogP contribution >= 0.6 is 0 Å². The summed E-state index contributed by atoms with van der Waals surface area (Å²) in [5, 5.41) is 0. The molecule has 2 heterocycles. The first-order valence-electron chi connectivity index (χ1n) is 5.74. The first kappa shape index (κ1) is 11.4. The molecule has 2 rings (SSSR count). The molecule has 1 saturated heterocycles. The van der Waals surface area contributed by atoms with Crippen molar-refractivity contribution in [2.24, 2.45) is 0 Å². The van der Waals surface area contributed by atoms with E-state index >= 15 is 0 Å². The molecule has 88 valence electrons. The smallest absolute Gasteiger partial charge is 0.0545 e. The van der Waals surface area contributed by atoms with E-state index in [0.717, 1.165) is 31.0 Å². The topological polar surface area (TPSA) is 45.4 Å². The van der Waals surface area contributed by atoms with Gasteiger partial charge in [0.1, 0.15) is 0 Å². The van der Waals surface area contributed by atoms with E-state index in [0.29, 0.717) is 6.04 Å². The molecule has 0 spiro atoms. The zero-order valence-corrected chi connectivity index (χ0v) is 10.1. The molecule has 1 atom stereocenters. The van der Waals surface area contributed by atoms with Gasteiger partial charge in [-0.05, 0) is 32.6 Å². The molecule has 4 heteroatoms. The largest absolute Gasteiger partial charge is 0.397 e. The molecule has 0 aromatic carbocycles. The lowest BCUT2D eigenvalue weighted by molar-refractivity contribution is 0.263. The standard InChI is InChI=1S/C12H20N4/c1-15(2)12-5-6-16(9-12)8-11-4-3-10(13)7-14-11/h3-4,7,12H,5-6,8-9,13H2,1-2H3/t12-/m0/s1. The van der Waals surface area contributed by atoms with Crippen LogP contribution in [0, 0.1) is 0 Å². The van der Waals surface area contributed by atoms with Gasteiger partial charge in [-0.3, -0.25) is 9.88 Å². The van der Waals surface area contributed by atoms with Crippen LogP contribution in [0.4, 0.5) is 5.69 Å². The number of aromatic nitrogens is 1. The van der Waals surface area contributed by atoms with Gasteiger partial charge < -0.3 is 10.6 Å². The summed E-state index contributed by atoms with van der Waals surface area (Å²) in [5.41, 5.74) is 7.45. The molecule has 1 aliphatic rings. The van der Waals surface area contributed by atoms with Crippen LogP contribution in [0.3, 0.4) is 0 Å². The number of hydrogen-bond acceptors (Lipinski definition) is 4. The fraction of sp³-hybridized carbons (Fsp3) is 0.583. The summed E-state index contributed by atoms with van der Waals surface area (Å²) in [4.78, 5) is 9.08. The maximum atomic E-state index is 5.61. The molecule has 0 aliphatic carbocycles. The second kappa shape index (κ2) is 4.80. The molecule has 0 bridgehead atoms. The van der Waals surface area contributed by atoms with Gasteiger partial charge in [-0.25, -0.2) is 0 Å². The minimum Gasteiger partial charge on any atom is -0.397 e. The van der Waals surface area contributed by atoms with Gasteiger partial charge in [0, 0.05) is 25.7 Å². The number of hydrogen-bond donors (Lipinski definition) is 1. The second-order valence-electron chi connectivity index (χ2n) is 4.72. The van der Waals surface area contributed by atoms with Gasteiger partial charge >= 0.3 is 0 Å². The molecule has 4 nitrogen and oxygen atoms in total. The van der Waals surface area contributed by atoms with Crippen LogP contribution in [0.1, 0.15) is 12.1 Å². The van der Waals surface area contributed by atoms with Gasteiger partial charge in [0.25, 0.3) is 0 Å². The summed E-state index contributed by atoms with van der Waals surface area (Å²) in [7, 11) is 4.30. The quantitative estimate of drug-likeness (QED) is 0.818. The molecule has 16 heavy (non-hydrogen) atoms. The maximum absolute atomic E-state index is 5.61. The van der Waals surface area contributed by atoms with Crippen molar-refractivity contribution in [3.05, 3.63) is 24.0 Å². The minimum atomic E-state index is 0.689. The Bertz CT molecular complexity index is 333. The van der Waals surface area contributed by atoms with Crippen molar-refractivity contribution in [2.75, 3.05) is 32.9 Å². The summed E-state index contributed by atoms with van der Waals surface area (Å²) in [5.74, 6) is 0. The van der Waals surface area contributed by atoms with Crippen molar-refractivity contribution >= 4 is 5.69 Å². The zero-order valence-electron chi connectivity index (χ0n) is 10.1. The number of anilines is 1. The number of likely N-dealkylation sites (N-methyl/N-ethyl adjacent to an activating group) is 1. The lowest BCUT2D eigenvalue weighted by Gasteiger charge is -2.20. The van der Waals surface area contributed by atoms with Crippen LogP contribution in [0.25, 0.3) is 0 Å². The van der Waals surface area contributed by atoms with Gasteiger partial charge in [-0.1, -0.05) is 0 Å². The maximum Gasteiger partial charge on any atom is 0.0545 e. The summed E-state index contributed by atoms with van der Waals surface area (Å²) < 4.78 is 0. The van der Waals surface area contributed by atoms with Crippen molar-refractivity contribution in [1.29, 1.82) is 0 Å². The summed E-state index contributed by atoms with van der Waals surface area (Å²) in [6.07, 6.45) is 2.98. The number of nitrogen functional groups attached to an aromatic ring is 1. The van der Waals surface area contributed by atoms with Gasteiger partial charge in [0.15, 0.2) is 0 Å². The molecular formula is C12H20N4. The van der Waals surface area contributed by atoms with Crippen LogP contribution in [-0.2, 0) is 6.54 Å². The first-order chi connectivity index (χ1) is 7.65. The molecular weight excluding hydrogens is 200 g/mol. The number of rotatable bonds is 3. The van der Waals surface area contributed by atoms with Gasteiger partial charge in [0.05, 0.1) is 17.6 Å². The van der Waals surface area contributed by atoms with Crippen LogP contribution in [0.15, 0.2) is 18.3 Å². The van der Waals surface area contributed by atoms with E-state index in [1.54, 1.807) is 6.20 Å². The summed E-state index contributed by atoms with van der Waals surface area (Å²) >= 11 is 0. The van der Waals surface area contributed by atoms with E-state index in [9.17, 15) is 0 Å². The third kappa shape index (κ3) is 2.71. The van der Waals surface area contributed by atoms with E-state index in [-0.39, 0.29) is 0 Å². The first-order valence-corrected chi connectivity index (χ1v) is 5.74. The van der Waals surface area contributed by atoms with Crippen LogP contribution < -0.4 is 5.73 Å². The highest BCUT2D eigenvalue weighted by Crippen LogP contribution is 2.15. The Morgan fingerprint density at radius 3 is 2.88 bits per heavy atom. The van der Waals surface area contributed by atoms with Crippen LogP contribution in [-0.4, -0.2) is 48.0 Å². The number of nitrogens with two attached hydrogens (primary N) is 1. The Hall–Kier alpha value is -1.13.